The third-order valence-electron chi connectivity index (χ3n) is 2.69. The minimum Gasteiger partial charge on any atom is -0.480 e. The number of aliphatic carboxylic acids is 1. The second-order valence-electron chi connectivity index (χ2n) is 3.92. The number of benzene rings is 1. The van der Waals surface area contributed by atoms with Crippen LogP contribution in [0, 0.1) is 3.57 Å². The summed E-state index contributed by atoms with van der Waals surface area (Å²) in [6, 6.07) is 7.06. The van der Waals surface area contributed by atoms with Crippen molar-refractivity contribution in [1.29, 1.82) is 0 Å². The highest BCUT2D eigenvalue weighted by Gasteiger charge is 2.33. The van der Waals surface area contributed by atoms with Gasteiger partial charge >= 0.3 is 5.97 Å². The summed E-state index contributed by atoms with van der Waals surface area (Å²) in [6.45, 7) is 3.23. The molecule has 1 aromatic rings. The van der Waals surface area contributed by atoms with Crippen LogP contribution in [-0.2, 0) is 4.79 Å². The van der Waals surface area contributed by atoms with E-state index in [4.69, 9.17) is 5.11 Å². The van der Waals surface area contributed by atoms with E-state index in [0.29, 0.717) is 12.0 Å². The third-order valence-corrected chi connectivity index (χ3v) is 3.63. The molecule has 1 atom stereocenters. The predicted octanol–water partition coefficient (Wildman–Crippen LogP) is 2.27. The lowest BCUT2D eigenvalue weighted by molar-refractivity contribution is -0.143. The fourth-order valence-corrected chi connectivity index (χ4v) is 1.89. The number of amides is 1. The Hall–Kier alpha value is -1.11. The number of carbonyl (C=O) groups is 2. The molecule has 0 aromatic heterocycles. The molecular weight excluding hydrogens is 333 g/mol. The van der Waals surface area contributed by atoms with E-state index in [0.717, 1.165) is 3.57 Å². The van der Waals surface area contributed by atoms with E-state index in [-0.39, 0.29) is 5.91 Å². The molecule has 0 bridgehead atoms. The van der Waals surface area contributed by atoms with E-state index in [2.05, 4.69) is 5.32 Å². The second kappa shape index (κ2) is 5.48. The SMILES string of the molecule is CCC(C)(NC(=O)c1ccccc1I)C(=O)O. The van der Waals surface area contributed by atoms with Crippen LogP contribution in [0.1, 0.15) is 30.6 Å². The van der Waals surface area contributed by atoms with E-state index in [1.165, 1.54) is 6.92 Å². The van der Waals surface area contributed by atoms with Crippen LogP contribution in [-0.4, -0.2) is 22.5 Å². The molecule has 0 radical (unpaired) electrons. The van der Waals surface area contributed by atoms with Crippen molar-refractivity contribution < 1.29 is 14.7 Å². The van der Waals surface area contributed by atoms with Gasteiger partial charge in [0.1, 0.15) is 5.54 Å². The summed E-state index contributed by atoms with van der Waals surface area (Å²) < 4.78 is 0.798. The number of rotatable bonds is 4. The highest BCUT2D eigenvalue weighted by molar-refractivity contribution is 14.1. The van der Waals surface area contributed by atoms with Gasteiger partial charge in [-0.25, -0.2) is 4.79 Å². The topological polar surface area (TPSA) is 66.4 Å². The maximum atomic E-state index is 12.0. The van der Waals surface area contributed by atoms with Crippen molar-refractivity contribution >= 4 is 34.5 Å². The molecular formula is C12H14INO3. The Morgan fingerprint density at radius 3 is 2.47 bits per heavy atom. The number of carbonyl (C=O) groups excluding carboxylic acids is 1. The molecule has 0 saturated heterocycles. The second-order valence-corrected chi connectivity index (χ2v) is 5.09. The molecule has 0 aliphatic carbocycles. The normalized spacial score (nSPS) is 13.8. The minimum atomic E-state index is -1.23. The average Bonchev–Trinajstić information content (AvgIpc) is 2.29. The van der Waals surface area contributed by atoms with Crippen LogP contribution in [0.2, 0.25) is 0 Å². The largest absolute Gasteiger partial charge is 0.480 e. The van der Waals surface area contributed by atoms with Crippen molar-refractivity contribution in [1.82, 2.24) is 5.32 Å². The summed E-state index contributed by atoms with van der Waals surface area (Å²) in [5.41, 5.74) is -0.732. The first-order chi connectivity index (χ1) is 7.90. The smallest absolute Gasteiger partial charge is 0.329 e. The van der Waals surface area contributed by atoms with Gasteiger partial charge in [-0.05, 0) is 48.1 Å². The molecule has 1 unspecified atom stereocenters. The molecule has 4 nitrogen and oxygen atoms in total. The number of hydrogen-bond acceptors (Lipinski definition) is 2. The monoisotopic (exact) mass is 347 g/mol. The van der Waals surface area contributed by atoms with Crippen LogP contribution in [0.15, 0.2) is 24.3 Å². The van der Waals surface area contributed by atoms with Gasteiger partial charge in [0.25, 0.3) is 5.91 Å². The summed E-state index contributed by atoms with van der Waals surface area (Å²) in [6.07, 6.45) is 0.331. The molecule has 1 aromatic carbocycles. The van der Waals surface area contributed by atoms with Gasteiger partial charge in [0, 0.05) is 3.57 Å². The number of halogens is 1. The Morgan fingerprint density at radius 1 is 1.41 bits per heavy atom. The quantitative estimate of drug-likeness (QED) is 0.822. The average molecular weight is 347 g/mol. The molecule has 5 heteroatoms. The van der Waals surface area contributed by atoms with Gasteiger partial charge in [0.2, 0.25) is 0 Å². The standard InChI is InChI=1S/C12H14INO3/c1-3-12(2,11(16)17)14-10(15)8-6-4-5-7-9(8)13/h4-7H,3H2,1-2H3,(H,14,15)(H,16,17). The van der Waals surface area contributed by atoms with Gasteiger partial charge in [0.15, 0.2) is 0 Å². The molecule has 0 fully saturated rings. The zero-order valence-electron chi connectivity index (χ0n) is 9.66. The molecule has 2 N–H and O–H groups in total. The molecule has 92 valence electrons. The van der Waals surface area contributed by atoms with Crippen molar-refractivity contribution in [3.05, 3.63) is 33.4 Å². The lowest BCUT2D eigenvalue weighted by Gasteiger charge is -2.24. The summed E-state index contributed by atoms with van der Waals surface area (Å²) in [4.78, 5) is 23.1. The van der Waals surface area contributed by atoms with Crippen LogP contribution in [0.25, 0.3) is 0 Å². The summed E-state index contributed by atoms with van der Waals surface area (Å²) in [5, 5.41) is 11.6. The molecule has 0 saturated carbocycles. The van der Waals surface area contributed by atoms with E-state index < -0.39 is 11.5 Å². The lowest BCUT2D eigenvalue weighted by atomic mass is 9.98. The van der Waals surface area contributed by atoms with Crippen molar-refractivity contribution in [3.63, 3.8) is 0 Å². The van der Waals surface area contributed by atoms with Crippen molar-refractivity contribution in [2.24, 2.45) is 0 Å². The van der Waals surface area contributed by atoms with E-state index in [1.807, 2.05) is 28.7 Å². The van der Waals surface area contributed by atoms with Gasteiger partial charge in [0.05, 0.1) is 5.56 Å². The first-order valence-electron chi connectivity index (χ1n) is 5.21. The number of nitrogens with one attached hydrogen (secondary N) is 1. The Balaban J connectivity index is 2.93. The van der Waals surface area contributed by atoms with Gasteiger partial charge in [-0.15, -0.1) is 0 Å². The van der Waals surface area contributed by atoms with Crippen LogP contribution in [0.5, 0.6) is 0 Å². The number of hydrogen-bond donors (Lipinski definition) is 2. The molecule has 0 aliphatic heterocycles. The first kappa shape index (κ1) is 14.0. The third kappa shape index (κ3) is 3.18. The van der Waals surface area contributed by atoms with Gasteiger partial charge in [-0.1, -0.05) is 19.1 Å². The Labute approximate surface area is 114 Å². The van der Waals surface area contributed by atoms with Crippen LogP contribution in [0.4, 0.5) is 0 Å². The highest BCUT2D eigenvalue weighted by Crippen LogP contribution is 2.15. The van der Waals surface area contributed by atoms with Crippen molar-refractivity contribution in [2.45, 2.75) is 25.8 Å². The van der Waals surface area contributed by atoms with Crippen LogP contribution >= 0.6 is 22.6 Å². The van der Waals surface area contributed by atoms with E-state index >= 15 is 0 Å². The molecule has 0 heterocycles. The molecule has 17 heavy (non-hydrogen) atoms. The minimum absolute atomic E-state index is 0.331. The number of carboxylic acid groups (broad SMARTS) is 1. The number of carboxylic acids is 1. The Kier molecular flexibility index (Phi) is 4.50. The molecule has 1 amide bonds. The van der Waals surface area contributed by atoms with E-state index in [9.17, 15) is 9.59 Å². The van der Waals surface area contributed by atoms with Crippen molar-refractivity contribution in [2.75, 3.05) is 0 Å². The zero-order chi connectivity index (χ0) is 13.1. The zero-order valence-corrected chi connectivity index (χ0v) is 11.8. The van der Waals surface area contributed by atoms with Gasteiger partial charge in [-0.2, -0.15) is 0 Å². The predicted molar refractivity (Wildman–Crippen MR) is 73.0 cm³/mol. The van der Waals surface area contributed by atoms with E-state index in [1.54, 1.807) is 25.1 Å². The Bertz CT molecular complexity index is 447. The maximum absolute atomic E-state index is 12.0. The fraction of sp³-hybridized carbons (Fsp3) is 0.333. The molecule has 0 spiro atoms. The van der Waals surface area contributed by atoms with Crippen LogP contribution < -0.4 is 5.32 Å². The van der Waals surface area contributed by atoms with Gasteiger partial charge < -0.3 is 10.4 Å². The summed E-state index contributed by atoms with van der Waals surface area (Å²) >= 11 is 2.05. The van der Waals surface area contributed by atoms with Crippen molar-refractivity contribution in [3.8, 4) is 0 Å². The lowest BCUT2D eigenvalue weighted by Crippen LogP contribution is -2.51. The molecule has 0 aliphatic rings. The maximum Gasteiger partial charge on any atom is 0.329 e. The summed E-state index contributed by atoms with van der Waals surface area (Å²) in [7, 11) is 0. The fourth-order valence-electron chi connectivity index (χ4n) is 1.26. The van der Waals surface area contributed by atoms with Gasteiger partial charge in [-0.3, -0.25) is 4.79 Å². The Morgan fingerprint density at radius 2 is 2.00 bits per heavy atom. The first-order valence-corrected chi connectivity index (χ1v) is 6.29. The molecule has 1 rings (SSSR count). The summed E-state index contributed by atoms with van der Waals surface area (Å²) in [5.74, 6) is -1.39. The highest BCUT2D eigenvalue weighted by atomic mass is 127. The van der Waals surface area contributed by atoms with Crippen LogP contribution in [0.3, 0.4) is 0 Å².